The van der Waals surface area contributed by atoms with Gasteiger partial charge in [-0.25, -0.2) is 0 Å². The van der Waals surface area contributed by atoms with Crippen LogP contribution in [-0.4, -0.2) is 40.6 Å². The van der Waals surface area contributed by atoms with E-state index < -0.39 is 25.8 Å². The first-order valence-electron chi connectivity index (χ1n) is 7.18. The van der Waals surface area contributed by atoms with Crippen LogP contribution in [0.25, 0.3) is 0 Å². The van der Waals surface area contributed by atoms with Crippen LogP contribution in [0.2, 0.25) is 5.04 Å². The lowest BCUT2D eigenvalue weighted by atomic mass is 10.0. The van der Waals surface area contributed by atoms with Crippen molar-refractivity contribution in [1.82, 2.24) is 0 Å². The van der Waals surface area contributed by atoms with Gasteiger partial charge in [0.25, 0.3) is 0 Å². The highest BCUT2D eigenvalue weighted by Crippen LogP contribution is 2.52. The van der Waals surface area contributed by atoms with Crippen LogP contribution < -0.4 is 0 Å². The third-order valence-electron chi connectivity index (χ3n) is 3.31. The number of ether oxygens (including phenoxy) is 1. The SMILES string of the molecule is CCCC1([Si](OCC)(OCC)OCC)CC(=O)OC1=O. The summed E-state index contributed by atoms with van der Waals surface area (Å²) in [6, 6.07) is 0. The molecule has 1 saturated heterocycles. The zero-order valence-electron chi connectivity index (χ0n) is 12.7. The van der Waals surface area contributed by atoms with Crippen LogP contribution in [0.1, 0.15) is 47.0 Å². The molecule has 1 aliphatic rings. The van der Waals surface area contributed by atoms with Crippen molar-refractivity contribution in [3.63, 3.8) is 0 Å². The molecule has 0 aliphatic carbocycles. The summed E-state index contributed by atoms with van der Waals surface area (Å²) in [6.45, 7) is 8.49. The van der Waals surface area contributed by atoms with Crippen LogP contribution in [-0.2, 0) is 27.6 Å². The number of carbonyl (C=O) groups is 2. The molecule has 0 amide bonds. The second-order valence-corrected chi connectivity index (χ2v) is 7.56. The van der Waals surface area contributed by atoms with Crippen LogP contribution in [0.5, 0.6) is 0 Å². The summed E-state index contributed by atoms with van der Waals surface area (Å²) in [4.78, 5) is 23.9. The fourth-order valence-corrected chi connectivity index (χ4v) is 6.11. The molecular formula is C13H24O6Si. The summed E-state index contributed by atoms with van der Waals surface area (Å²) in [5, 5.41) is -1.10. The molecule has 116 valence electrons. The minimum atomic E-state index is -3.33. The molecule has 6 nitrogen and oxygen atoms in total. The van der Waals surface area contributed by atoms with Crippen LogP contribution in [0.4, 0.5) is 0 Å². The van der Waals surface area contributed by atoms with Gasteiger partial charge in [-0.1, -0.05) is 13.3 Å². The quantitative estimate of drug-likeness (QED) is 0.369. The summed E-state index contributed by atoms with van der Waals surface area (Å²) in [7, 11) is -3.33. The third-order valence-corrected chi connectivity index (χ3v) is 7.12. The fraction of sp³-hybridized carbons (Fsp3) is 0.846. The predicted octanol–water partition coefficient (Wildman–Crippen LogP) is 2.05. The number of rotatable bonds is 9. The maximum absolute atomic E-state index is 12.3. The highest BCUT2D eigenvalue weighted by Gasteiger charge is 2.70. The number of hydrogen-bond acceptors (Lipinski definition) is 6. The molecule has 0 saturated carbocycles. The monoisotopic (exact) mass is 304 g/mol. The smallest absolute Gasteiger partial charge is 0.393 e. The van der Waals surface area contributed by atoms with Gasteiger partial charge in [0.05, 0.1) is 6.42 Å². The summed E-state index contributed by atoms with van der Waals surface area (Å²) >= 11 is 0. The molecule has 0 aromatic carbocycles. The lowest BCUT2D eigenvalue weighted by molar-refractivity contribution is -0.153. The van der Waals surface area contributed by atoms with Gasteiger partial charge in [-0.05, 0) is 27.2 Å². The van der Waals surface area contributed by atoms with Gasteiger partial charge in [0.15, 0.2) is 0 Å². The molecule has 20 heavy (non-hydrogen) atoms. The predicted molar refractivity (Wildman–Crippen MR) is 73.9 cm³/mol. The molecule has 0 aromatic heterocycles. The molecule has 1 heterocycles. The van der Waals surface area contributed by atoms with Crippen molar-refractivity contribution in [2.75, 3.05) is 19.8 Å². The average molecular weight is 304 g/mol. The molecule has 1 atom stereocenters. The van der Waals surface area contributed by atoms with Gasteiger partial charge < -0.3 is 18.0 Å². The lowest BCUT2D eigenvalue weighted by Crippen LogP contribution is -2.58. The maximum Gasteiger partial charge on any atom is 0.519 e. The lowest BCUT2D eigenvalue weighted by Gasteiger charge is -2.39. The first-order chi connectivity index (χ1) is 9.51. The van der Waals surface area contributed by atoms with Gasteiger partial charge in [-0.2, -0.15) is 0 Å². The Labute approximate surface area is 121 Å². The summed E-state index contributed by atoms with van der Waals surface area (Å²) in [5.74, 6) is -1.09. The molecular weight excluding hydrogens is 280 g/mol. The van der Waals surface area contributed by atoms with Crippen molar-refractivity contribution in [3.05, 3.63) is 0 Å². The highest BCUT2D eigenvalue weighted by molar-refractivity contribution is 6.69. The van der Waals surface area contributed by atoms with Gasteiger partial charge in [0, 0.05) is 19.8 Å². The Bertz CT molecular complexity index is 342. The third kappa shape index (κ3) is 2.95. The minimum absolute atomic E-state index is 0.0219. The van der Waals surface area contributed by atoms with E-state index >= 15 is 0 Å². The summed E-state index contributed by atoms with van der Waals surface area (Å²) in [5.41, 5.74) is 0. The van der Waals surface area contributed by atoms with Gasteiger partial charge in [-0.15, -0.1) is 0 Å². The van der Waals surface area contributed by atoms with Gasteiger partial charge >= 0.3 is 20.7 Å². The Balaban J connectivity index is 3.28. The summed E-state index contributed by atoms with van der Waals surface area (Å²) < 4.78 is 22.2. The molecule has 1 aliphatic heterocycles. The zero-order chi connectivity index (χ0) is 15.2. The Hall–Kier alpha value is -0.763. The molecule has 1 rings (SSSR count). The molecule has 0 spiro atoms. The molecule has 1 unspecified atom stereocenters. The van der Waals surface area contributed by atoms with Crippen molar-refractivity contribution >= 4 is 20.7 Å². The second-order valence-electron chi connectivity index (χ2n) is 4.63. The number of carbonyl (C=O) groups excluding carboxylic acids is 2. The molecule has 0 radical (unpaired) electrons. The first kappa shape index (κ1) is 17.3. The molecule has 0 aromatic rings. The topological polar surface area (TPSA) is 71.1 Å². The van der Waals surface area contributed by atoms with E-state index in [2.05, 4.69) is 0 Å². The number of hydrogen-bond donors (Lipinski definition) is 0. The van der Waals surface area contributed by atoms with Crippen molar-refractivity contribution in [1.29, 1.82) is 0 Å². The normalized spacial score (nSPS) is 23.2. The van der Waals surface area contributed by atoms with Crippen molar-refractivity contribution < 1.29 is 27.6 Å². The number of esters is 2. The van der Waals surface area contributed by atoms with E-state index in [9.17, 15) is 9.59 Å². The molecule has 7 heteroatoms. The fourth-order valence-electron chi connectivity index (χ4n) is 2.67. The highest BCUT2D eigenvalue weighted by atomic mass is 28.4. The van der Waals surface area contributed by atoms with Crippen LogP contribution in [0.3, 0.4) is 0 Å². The largest absolute Gasteiger partial charge is 0.519 e. The summed E-state index contributed by atoms with van der Waals surface area (Å²) in [6.07, 6.45) is 1.15. The van der Waals surface area contributed by atoms with E-state index in [4.69, 9.17) is 18.0 Å². The zero-order valence-corrected chi connectivity index (χ0v) is 13.7. The van der Waals surface area contributed by atoms with Crippen molar-refractivity contribution in [3.8, 4) is 0 Å². The van der Waals surface area contributed by atoms with E-state index in [-0.39, 0.29) is 6.42 Å². The van der Waals surface area contributed by atoms with Crippen LogP contribution in [0, 0.1) is 0 Å². The molecule has 1 fully saturated rings. The second kappa shape index (κ2) is 7.30. The van der Waals surface area contributed by atoms with E-state index in [1.54, 1.807) is 0 Å². The first-order valence-corrected chi connectivity index (χ1v) is 8.91. The van der Waals surface area contributed by atoms with Crippen molar-refractivity contribution in [2.45, 2.75) is 52.0 Å². The van der Waals surface area contributed by atoms with Gasteiger partial charge in [0.2, 0.25) is 0 Å². The Morgan fingerprint density at radius 3 is 1.85 bits per heavy atom. The minimum Gasteiger partial charge on any atom is -0.393 e. The molecule has 0 N–H and O–H groups in total. The Kier molecular flexibility index (Phi) is 6.31. The van der Waals surface area contributed by atoms with E-state index in [0.29, 0.717) is 32.7 Å². The molecule has 0 bridgehead atoms. The van der Waals surface area contributed by atoms with Crippen LogP contribution >= 0.6 is 0 Å². The van der Waals surface area contributed by atoms with Gasteiger partial charge in [-0.3, -0.25) is 9.59 Å². The number of cyclic esters (lactones) is 2. The van der Waals surface area contributed by atoms with Crippen LogP contribution in [0.15, 0.2) is 0 Å². The van der Waals surface area contributed by atoms with E-state index in [0.717, 1.165) is 0 Å². The maximum atomic E-state index is 12.3. The van der Waals surface area contributed by atoms with E-state index in [1.165, 1.54) is 0 Å². The standard InChI is InChI=1S/C13H24O6Si/c1-5-9-13(10-11(14)19-12(13)15)20(16-6-2,17-7-3)18-8-4/h5-10H2,1-4H3. The Morgan fingerprint density at radius 2 is 1.55 bits per heavy atom. The van der Waals surface area contributed by atoms with Crippen molar-refractivity contribution in [2.24, 2.45) is 0 Å². The van der Waals surface area contributed by atoms with E-state index in [1.807, 2.05) is 27.7 Å². The Morgan fingerprint density at radius 1 is 1.05 bits per heavy atom. The average Bonchev–Trinajstić information content (AvgIpc) is 2.66. The van der Waals surface area contributed by atoms with Gasteiger partial charge in [0.1, 0.15) is 5.04 Å².